The van der Waals surface area contributed by atoms with E-state index in [2.05, 4.69) is 16.1 Å². The molecular weight excluding hydrogens is 428 g/mol. The lowest BCUT2D eigenvalue weighted by molar-refractivity contribution is -0.121. The number of hydrogen-bond donors (Lipinski definition) is 1. The molecule has 3 aromatic rings. The molecule has 1 fully saturated rings. The van der Waals surface area contributed by atoms with Crippen LogP contribution < -0.4 is 10.0 Å². The first kappa shape index (κ1) is 21.0. The van der Waals surface area contributed by atoms with E-state index in [4.69, 9.17) is 10.1 Å². The van der Waals surface area contributed by atoms with Crippen molar-refractivity contribution in [3.05, 3.63) is 53.1 Å². The molecule has 168 valence electrons. The van der Waals surface area contributed by atoms with Gasteiger partial charge in [0.05, 0.1) is 5.25 Å². The zero-order valence-electron chi connectivity index (χ0n) is 18.2. The molecule has 0 unspecified atom stereocenters. The Labute approximate surface area is 186 Å². The standard InChI is InChI=1S/C22H26N6O3S/c1-22(2)17-4-3-14(11-15(17)13-18(22)29)12-19-25-21-20(24-7-10-28(21)26-19)27-8-5-16(6-9-27)32(23,30)31/h3-4,7,10-11,16H,5-6,8-9,12-13H2,1-2H3,(H2,23,30,31). The summed E-state index contributed by atoms with van der Waals surface area (Å²) < 4.78 is 25.0. The largest absolute Gasteiger partial charge is 0.353 e. The topological polar surface area (TPSA) is 124 Å². The van der Waals surface area contributed by atoms with E-state index in [1.165, 1.54) is 0 Å². The predicted octanol–water partition coefficient (Wildman–Crippen LogP) is 1.38. The molecule has 0 bridgehead atoms. The molecule has 2 aromatic heterocycles. The first-order valence-electron chi connectivity index (χ1n) is 10.8. The molecule has 0 amide bonds. The third-order valence-electron chi connectivity index (χ3n) is 6.74. The molecule has 2 N–H and O–H groups in total. The summed E-state index contributed by atoms with van der Waals surface area (Å²) >= 11 is 0. The highest BCUT2D eigenvalue weighted by Gasteiger charge is 2.37. The molecule has 2 aliphatic rings. The summed E-state index contributed by atoms with van der Waals surface area (Å²) in [5.74, 6) is 1.61. The normalized spacial score (nSPS) is 19.0. The molecule has 10 heteroatoms. The molecule has 1 aliphatic heterocycles. The van der Waals surface area contributed by atoms with Crippen molar-refractivity contribution < 1.29 is 13.2 Å². The molecule has 0 saturated carbocycles. The van der Waals surface area contributed by atoms with Crippen LogP contribution in [0.4, 0.5) is 5.82 Å². The van der Waals surface area contributed by atoms with Gasteiger partial charge in [-0.1, -0.05) is 18.2 Å². The lowest BCUT2D eigenvalue weighted by Crippen LogP contribution is -2.42. The van der Waals surface area contributed by atoms with E-state index in [1.54, 1.807) is 16.9 Å². The van der Waals surface area contributed by atoms with Gasteiger partial charge in [-0.25, -0.2) is 28.0 Å². The smallest absolute Gasteiger partial charge is 0.212 e. The van der Waals surface area contributed by atoms with E-state index in [-0.39, 0.29) is 5.78 Å². The van der Waals surface area contributed by atoms with Gasteiger partial charge < -0.3 is 4.90 Å². The van der Waals surface area contributed by atoms with Gasteiger partial charge in [0.2, 0.25) is 10.0 Å². The summed E-state index contributed by atoms with van der Waals surface area (Å²) in [4.78, 5) is 23.6. The van der Waals surface area contributed by atoms with Crippen LogP contribution in [-0.2, 0) is 33.1 Å². The maximum Gasteiger partial charge on any atom is 0.212 e. The summed E-state index contributed by atoms with van der Waals surface area (Å²) in [5, 5.41) is 9.41. The zero-order valence-corrected chi connectivity index (χ0v) is 19.0. The fourth-order valence-corrected chi connectivity index (χ4v) is 5.65. The molecule has 1 saturated heterocycles. The molecule has 0 radical (unpaired) electrons. The fraction of sp³-hybridized carbons (Fsp3) is 0.455. The van der Waals surface area contributed by atoms with Crippen LogP contribution in [0.25, 0.3) is 5.65 Å². The second-order valence-corrected chi connectivity index (χ2v) is 11.1. The SMILES string of the molecule is CC1(C)C(=O)Cc2cc(Cc3nc4c(N5CCC(S(N)(=O)=O)CC5)nccn4n3)ccc21. The van der Waals surface area contributed by atoms with Crippen LogP contribution in [0.1, 0.15) is 49.2 Å². The van der Waals surface area contributed by atoms with E-state index in [0.29, 0.717) is 56.1 Å². The maximum atomic E-state index is 12.3. The van der Waals surface area contributed by atoms with Gasteiger partial charge in [0.25, 0.3) is 0 Å². The number of hydrogen-bond acceptors (Lipinski definition) is 7. The first-order valence-corrected chi connectivity index (χ1v) is 12.4. The van der Waals surface area contributed by atoms with Gasteiger partial charge >= 0.3 is 0 Å². The molecule has 9 nitrogen and oxygen atoms in total. The Morgan fingerprint density at radius 1 is 1.22 bits per heavy atom. The van der Waals surface area contributed by atoms with E-state index >= 15 is 0 Å². The summed E-state index contributed by atoms with van der Waals surface area (Å²) in [6.45, 7) is 5.05. The monoisotopic (exact) mass is 454 g/mol. The van der Waals surface area contributed by atoms with Crippen LogP contribution in [0.15, 0.2) is 30.6 Å². The molecule has 1 aromatic carbocycles. The second-order valence-electron chi connectivity index (χ2n) is 9.22. The zero-order chi connectivity index (χ0) is 22.7. The average Bonchev–Trinajstić information content (AvgIpc) is 3.24. The Kier molecular flexibility index (Phi) is 4.82. The summed E-state index contributed by atoms with van der Waals surface area (Å²) in [6, 6.07) is 6.18. The van der Waals surface area contributed by atoms with Crippen molar-refractivity contribution in [3.63, 3.8) is 0 Å². The number of primary sulfonamides is 1. The average molecular weight is 455 g/mol. The molecule has 1 aliphatic carbocycles. The van der Waals surface area contributed by atoms with E-state index in [0.717, 1.165) is 16.7 Å². The Bertz CT molecular complexity index is 1320. The van der Waals surface area contributed by atoms with Crippen molar-refractivity contribution in [2.24, 2.45) is 5.14 Å². The van der Waals surface area contributed by atoms with E-state index < -0.39 is 20.7 Å². The Hall–Kier alpha value is -2.85. The minimum atomic E-state index is -3.52. The number of nitrogens with two attached hydrogens (primary N) is 1. The van der Waals surface area contributed by atoms with Crippen molar-refractivity contribution in [3.8, 4) is 0 Å². The van der Waals surface area contributed by atoms with Gasteiger partial charge in [0.15, 0.2) is 17.3 Å². The summed E-state index contributed by atoms with van der Waals surface area (Å²) in [7, 11) is -3.52. The van der Waals surface area contributed by atoms with Gasteiger partial charge in [-0.3, -0.25) is 4.79 Å². The van der Waals surface area contributed by atoms with Crippen LogP contribution in [0.5, 0.6) is 0 Å². The lowest BCUT2D eigenvalue weighted by Gasteiger charge is -2.31. The maximum absolute atomic E-state index is 12.3. The predicted molar refractivity (Wildman–Crippen MR) is 120 cm³/mol. The van der Waals surface area contributed by atoms with Crippen LogP contribution in [0.3, 0.4) is 0 Å². The molecule has 0 spiro atoms. The van der Waals surface area contributed by atoms with E-state index in [9.17, 15) is 13.2 Å². The fourth-order valence-electron chi connectivity index (χ4n) is 4.78. The van der Waals surface area contributed by atoms with Gasteiger partial charge in [0.1, 0.15) is 5.78 Å². The first-order chi connectivity index (χ1) is 15.1. The van der Waals surface area contributed by atoms with Crippen molar-refractivity contribution in [2.45, 2.75) is 50.2 Å². The third-order valence-corrected chi connectivity index (χ3v) is 8.14. The number of Topliss-reactive ketones (excluding diaryl/α,β-unsaturated/α-hetero) is 1. The van der Waals surface area contributed by atoms with Crippen LogP contribution in [0, 0.1) is 0 Å². The van der Waals surface area contributed by atoms with Gasteiger partial charge in [-0.2, -0.15) is 5.10 Å². The summed E-state index contributed by atoms with van der Waals surface area (Å²) in [5.41, 5.74) is 3.47. The highest BCUT2D eigenvalue weighted by molar-refractivity contribution is 7.89. The van der Waals surface area contributed by atoms with Crippen LogP contribution in [-0.4, -0.2) is 52.1 Å². The number of aromatic nitrogens is 4. The Morgan fingerprint density at radius 3 is 2.69 bits per heavy atom. The number of fused-ring (bicyclic) bond motifs is 2. The van der Waals surface area contributed by atoms with Crippen molar-refractivity contribution >= 4 is 27.3 Å². The number of rotatable bonds is 4. The highest BCUT2D eigenvalue weighted by atomic mass is 32.2. The van der Waals surface area contributed by atoms with Crippen LogP contribution >= 0.6 is 0 Å². The number of benzene rings is 1. The van der Waals surface area contributed by atoms with Gasteiger partial charge in [-0.05, 0) is 43.4 Å². The Balaban J connectivity index is 1.39. The molecule has 0 atom stereocenters. The quantitative estimate of drug-likeness (QED) is 0.631. The number of ketones is 1. The van der Waals surface area contributed by atoms with Gasteiger partial charge in [-0.15, -0.1) is 0 Å². The second kappa shape index (κ2) is 7.35. The van der Waals surface area contributed by atoms with Crippen molar-refractivity contribution in [1.29, 1.82) is 0 Å². The highest BCUT2D eigenvalue weighted by Crippen LogP contribution is 2.36. The van der Waals surface area contributed by atoms with E-state index in [1.807, 2.05) is 30.9 Å². The van der Waals surface area contributed by atoms with Gasteiger partial charge in [0, 0.05) is 43.7 Å². The molecule has 5 rings (SSSR count). The number of carbonyl (C=O) groups excluding carboxylic acids is 1. The molecule has 3 heterocycles. The number of sulfonamides is 1. The summed E-state index contributed by atoms with van der Waals surface area (Å²) in [6.07, 6.45) is 5.39. The van der Waals surface area contributed by atoms with Crippen molar-refractivity contribution in [1.82, 2.24) is 19.6 Å². The van der Waals surface area contributed by atoms with Crippen LogP contribution in [0.2, 0.25) is 0 Å². The minimum Gasteiger partial charge on any atom is -0.353 e. The minimum absolute atomic E-state index is 0.248. The molecule has 32 heavy (non-hydrogen) atoms. The third kappa shape index (κ3) is 3.57. The lowest BCUT2D eigenvalue weighted by atomic mass is 9.85. The number of nitrogens with zero attached hydrogens (tertiary/aromatic N) is 5. The Morgan fingerprint density at radius 2 is 1.97 bits per heavy atom. The number of anilines is 1. The number of piperidine rings is 1. The van der Waals surface area contributed by atoms with Crippen molar-refractivity contribution in [2.75, 3.05) is 18.0 Å². The molecular formula is C22H26N6O3S. The number of carbonyl (C=O) groups is 1.